The molecule has 0 aliphatic carbocycles. The lowest BCUT2D eigenvalue weighted by Gasteiger charge is -2.14. The molecule has 0 saturated heterocycles. The van der Waals surface area contributed by atoms with E-state index in [1.54, 1.807) is 13.2 Å². The van der Waals surface area contributed by atoms with Gasteiger partial charge < -0.3 is 14.4 Å². The van der Waals surface area contributed by atoms with Gasteiger partial charge in [0.15, 0.2) is 0 Å². The monoisotopic (exact) mass is 295 g/mol. The molecule has 0 atom stereocenters. The molecule has 1 N–H and O–H groups in total. The summed E-state index contributed by atoms with van der Waals surface area (Å²) < 4.78 is 10.1. The zero-order valence-corrected chi connectivity index (χ0v) is 12.1. The Morgan fingerprint density at radius 1 is 1.40 bits per heavy atom. The molecule has 0 radical (unpaired) electrons. The summed E-state index contributed by atoms with van der Waals surface area (Å²) in [4.78, 5) is 10.8. The highest BCUT2D eigenvalue weighted by atomic mass is 35.5. The molecular formula is C14H14ClNO4. The van der Waals surface area contributed by atoms with E-state index in [2.05, 4.69) is 5.16 Å². The number of ether oxygens (including phenoxy) is 1. The van der Waals surface area contributed by atoms with Crippen LogP contribution in [0.15, 0.2) is 22.7 Å². The molecule has 0 saturated carbocycles. The van der Waals surface area contributed by atoms with E-state index in [0.717, 1.165) is 5.56 Å². The molecule has 0 bridgehead atoms. The molecule has 2 aromatic rings. The van der Waals surface area contributed by atoms with Crippen LogP contribution in [0.4, 0.5) is 0 Å². The van der Waals surface area contributed by atoms with Crippen molar-refractivity contribution in [2.24, 2.45) is 0 Å². The predicted octanol–water partition coefficient (Wildman–Crippen LogP) is 3.83. The minimum absolute atomic E-state index is 0.202. The standard InChI is InChI=1S/C14H14ClNO4/c1-7(2)9-4-8(5-10(15)13(9)19-3)11-6-12(14(17)18)20-16-11/h4-7H,1-3H3,(H,17,18). The molecule has 0 aliphatic heterocycles. The summed E-state index contributed by atoms with van der Waals surface area (Å²) in [7, 11) is 1.56. The average Bonchev–Trinajstić information content (AvgIpc) is 2.87. The summed E-state index contributed by atoms with van der Waals surface area (Å²) in [5.41, 5.74) is 2.04. The summed E-state index contributed by atoms with van der Waals surface area (Å²) in [6, 6.07) is 4.92. The fraction of sp³-hybridized carbons (Fsp3) is 0.286. The van der Waals surface area contributed by atoms with Crippen LogP contribution >= 0.6 is 11.6 Å². The Labute approximate surface area is 121 Å². The molecular weight excluding hydrogens is 282 g/mol. The first-order valence-electron chi connectivity index (χ1n) is 6.01. The van der Waals surface area contributed by atoms with Crippen molar-refractivity contribution in [3.63, 3.8) is 0 Å². The first-order valence-corrected chi connectivity index (χ1v) is 6.39. The number of carboxylic acid groups (broad SMARTS) is 1. The van der Waals surface area contributed by atoms with E-state index >= 15 is 0 Å². The predicted molar refractivity (Wildman–Crippen MR) is 74.5 cm³/mol. The third-order valence-corrected chi connectivity index (χ3v) is 3.20. The van der Waals surface area contributed by atoms with Gasteiger partial charge in [0, 0.05) is 11.6 Å². The van der Waals surface area contributed by atoms with Gasteiger partial charge in [-0.05, 0) is 23.6 Å². The third-order valence-electron chi connectivity index (χ3n) is 2.92. The van der Waals surface area contributed by atoms with Crippen LogP contribution in [-0.4, -0.2) is 23.3 Å². The molecule has 20 heavy (non-hydrogen) atoms. The van der Waals surface area contributed by atoms with Gasteiger partial charge in [0.25, 0.3) is 0 Å². The lowest BCUT2D eigenvalue weighted by molar-refractivity contribution is 0.0652. The molecule has 5 nitrogen and oxygen atoms in total. The molecule has 106 valence electrons. The second-order valence-corrected chi connectivity index (χ2v) is 5.02. The largest absolute Gasteiger partial charge is 0.495 e. The Hall–Kier alpha value is -2.01. The number of benzene rings is 1. The second-order valence-electron chi connectivity index (χ2n) is 4.62. The van der Waals surface area contributed by atoms with E-state index in [1.807, 2.05) is 19.9 Å². The molecule has 1 heterocycles. The Kier molecular flexibility index (Phi) is 3.99. The van der Waals surface area contributed by atoms with Crippen molar-refractivity contribution in [1.82, 2.24) is 5.16 Å². The average molecular weight is 296 g/mol. The van der Waals surface area contributed by atoms with E-state index in [9.17, 15) is 4.79 Å². The van der Waals surface area contributed by atoms with Gasteiger partial charge in [0.1, 0.15) is 11.4 Å². The highest BCUT2D eigenvalue weighted by molar-refractivity contribution is 6.32. The number of aromatic nitrogens is 1. The van der Waals surface area contributed by atoms with Crippen LogP contribution in [0.3, 0.4) is 0 Å². The molecule has 0 amide bonds. The number of carbonyl (C=O) groups is 1. The highest BCUT2D eigenvalue weighted by Crippen LogP contribution is 2.37. The van der Waals surface area contributed by atoms with Gasteiger partial charge in [-0.15, -0.1) is 0 Å². The van der Waals surface area contributed by atoms with Crippen LogP contribution < -0.4 is 4.74 Å². The minimum Gasteiger partial charge on any atom is -0.495 e. The number of aromatic carboxylic acids is 1. The molecule has 1 aromatic heterocycles. The molecule has 0 aliphatic rings. The van der Waals surface area contributed by atoms with Crippen molar-refractivity contribution in [2.75, 3.05) is 7.11 Å². The van der Waals surface area contributed by atoms with Crippen molar-refractivity contribution < 1.29 is 19.2 Å². The first-order chi connectivity index (χ1) is 9.43. The number of hydrogen-bond donors (Lipinski definition) is 1. The maximum Gasteiger partial charge on any atom is 0.374 e. The van der Waals surface area contributed by atoms with E-state index in [-0.39, 0.29) is 11.7 Å². The van der Waals surface area contributed by atoms with Crippen LogP contribution in [0.1, 0.15) is 35.9 Å². The Bertz CT molecular complexity index is 649. The lowest BCUT2D eigenvalue weighted by Crippen LogP contribution is -1.96. The molecule has 1 aromatic carbocycles. The van der Waals surface area contributed by atoms with Crippen LogP contribution in [0.25, 0.3) is 11.3 Å². The second kappa shape index (κ2) is 5.54. The zero-order valence-electron chi connectivity index (χ0n) is 11.3. The maximum atomic E-state index is 10.8. The summed E-state index contributed by atoms with van der Waals surface area (Å²) in [6.07, 6.45) is 0. The lowest BCUT2D eigenvalue weighted by atomic mass is 9.98. The smallest absolute Gasteiger partial charge is 0.374 e. The zero-order chi connectivity index (χ0) is 14.9. The number of hydrogen-bond acceptors (Lipinski definition) is 4. The fourth-order valence-corrected chi connectivity index (χ4v) is 2.22. The molecule has 6 heteroatoms. The summed E-state index contributed by atoms with van der Waals surface area (Å²) in [6.45, 7) is 4.03. The molecule has 0 spiro atoms. The summed E-state index contributed by atoms with van der Waals surface area (Å²) in [5.74, 6) is -0.550. The number of carboxylic acids is 1. The van der Waals surface area contributed by atoms with Gasteiger partial charge in [0.2, 0.25) is 5.76 Å². The minimum atomic E-state index is -1.16. The SMILES string of the molecule is COc1c(Cl)cc(-c2cc(C(=O)O)on2)cc1C(C)C. The maximum absolute atomic E-state index is 10.8. The van der Waals surface area contributed by atoms with Crippen molar-refractivity contribution in [3.8, 4) is 17.0 Å². The summed E-state index contributed by atoms with van der Waals surface area (Å²) in [5, 5.41) is 13.0. The van der Waals surface area contributed by atoms with Crippen molar-refractivity contribution in [2.45, 2.75) is 19.8 Å². The van der Waals surface area contributed by atoms with Crippen molar-refractivity contribution >= 4 is 17.6 Å². The van der Waals surface area contributed by atoms with Crippen LogP contribution in [-0.2, 0) is 0 Å². The fourth-order valence-electron chi connectivity index (χ4n) is 1.92. The molecule has 0 fully saturated rings. The topological polar surface area (TPSA) is 72.6 Å². The Balaban J connectivity index is 2.54. The van der Waals surface area contributed by atoms with Gasteiger partial charge in [0.05, 0.1) is 12.1 Å². The van der Waals surface area contributed by atoms with Gasteiger partial charge in [-0.1, -0.05) is 30.6 Å². The van der Waals surface area contributed by atoms with Gasteiger partial charge >= 0.3 is 5.97 Å². The molecule has 2 rings (SSSR count). The van der Waals surface area contributed by atoms with Crippen molar-refractivity contribution in [3.05, 3.63) is 34.5 Å². The van der Waals surface area contributed by atoms with E-state index in [1.165, 1.54) is 6.07 Å². The Morgan fingerprint density at radius 3 is 2.60 bits per heavy atom. The highest BCUT2D eigenvalue weighted by Gasteiger charge is 2.17. The Morgan fingerprint density at radius 2 is 2.10 bits per heavy atom. The normalized spacial score (nSPS) is 10.8. The molecule has 0 unspecified atom stereocenters. The van der Waals surface area contributed by atoms with E-state index < -0.39 is 5.97 Å². The van der Waals surface area contributed by atoms with Gasteiger partial charge in [-0.2, -0.15) is 0 Å². The summed E-state index contributed by atoms with van der Waals surface area (Å²) >= 11 is 6.20. The van der Waals surface area contributed by atoms with E-state index in [4.69, 9.17) is 26.0 Å². The van der Waals surface area contributed by atoms with Crippen molar-refractivity contribution in [1.29, 1.82) is 0 Å². The number of nitrogens with zero attached hydrogens (tertiary/aromatic N) is 1. The quantitative estimate of drug-likeness (QED) is 0.928. The van der Waals surface area contributed by atoms with E-state index in [0.29, 0.717) is 22.0 Å². The number of methoxy groups -OCH3 is 1. The first kappa shape index (κ1) is 14.4. The number of rotatable bonds is 4. The van der Waals surface area contributed by atoms with Gasteiger partial charge in [-0.25, -0.2) is 4.79 Å². The van der Waals surface area contributed by atoms with Crippen LogP contribution in [0.5, 0.6) is 5.75 Å². The van der Waals surface area contributed by atoms with Crippen LogP contribution in [0, 0.1) is 0 Å². The number of halogens is 1. The van der Waals surface area contributed by atoms with Crippen LogP contribution in [0.2, 0.25) is 5.02 Å². The van der Waals surface area contributed by atoms with Gasteiger partial charge in [-0.3, -0.25) is 0 Å². The third kappa shape index (κ3) is 2.63.